The molecule has 1 N–H and O–H groups in total. The van der Waals surface area contributed by atoms with Gasteiger partial charge in [-0.15, -0.1) is 0 Å². The minimum Gasteiger partial charge on any atom is -0.375 e. The molecule has 1 aliphatic rings. The molecular formula is C14H19FN2O3. The van der Waals surface area contributed by atoms with Crippen molar-refractivity contribution in [2.45, 2.75) is 44.9 Å². The maximum Gasteiger partial charge on any atom is 0.272 e. The van der Waals surface area contributed by atoms with Gasteiger partial charge in [0.2, 0.25) is 0 Å². The number of halogens is 1. The Morgan fingerprint density at radius 3 is 2.90 bits per heavy atom. The Hall–Kier alpha value is -1.53. The number of ether oxygens (including phenoxy) is 1. The molecule has 110 valence electrons. The molecule has 0 aromatic heterocycles. The standard InChI is InChI=1S/C14H19FN2O3/c1-14(2)8-12(3-4-20-14)16-9-10-5-11(15)7-13(6-10)17(18)19/h5-7,12,16H,3-4,8-9H2,1-2H3. The largest absolute Gasteiger partial charge is 0.375 e. The van der Waals surface area contributed by atoms with E-state index in [1.54, 1.807) is 0 Å². The summed E-state index contributed by atoms with van der Waals surface area (Å²) < 4.78 is 19.0. The number of hydrogen-bond acceptors (Lipinski definition) is 4. The van der Waals surface area contributed by atoms with E-state index in [9.17, 15) is 14.5 Å². The summed E-state index contributed by atoms with van der Waals surface area (Å²) in [7, 11) is 0. The number of benzene rings is 1. The zero-order chi connectivity index (χ0) is 14.8. The van der Waals surface area contributed by atoms with Crippen molar-refractivity contribution >= 4 is 5.69 Å². The molecule has 0 radical (unpaired) electrons. The molecule has 1 heterocycles. The lowest BCUT2D eigenvalue weighted by atomic mass is 9.94. The number of rotatable bonds is 4. The van der Waals surface area contributed by atoms with Gasteiger partial charge in [0.15, 0.2) is 0 Å². The smallest absolute Gasteiger partial charge is 0.272 e. The van der Waals surface area contributed by atoms with Crippen molar-refractivity contribution in [2.75, 3.05) is 6.61 Å². The van der Waals surface area contributed by atoms with Crippen LogP contribution in [0.4, 0.5) is 10.1 Å². The quantitative estimate of drug-likeness (QED) is 0.681. The molecule has 20 heavy (non-hydrogen) atoms. The Morgan fingerprint density at radius 2 is 2.25 bits per heavy atom. The van der Waals surface area contributed by atoms with Crippen LogP contribution in [0.15, 0.2) is 18.2 Å². The molecule has 2 rings (SSSR count). The lowest BCUT2D eigenvalue weighted by molar-refractivity contribution is -0.385. The molecule has 6 heteroatoms. The Labute approximate surface area is 117 Å². The van der Waals surface area contributed by atoms with Crippen LogP contribution in [0.1, 0.15) is 32.3 Å². The molecule has 1 atom stereocenters. The van der Waals surface area contributed by atoms with Crippen LogP contribution in [0.3, 0.4) is 0 Å². The van der Waals surface area contributed by atoms with E-state index in [4.69, 9.17) is 4.74 Å². The molecule has 0 bridgehead atoms. The van der Waals surface area contributed by atoms with E-state index in [2.05, 4.69) is 5.32 Å². The number of non-ortho nitro benzene ring substituents is 1. The van der Waals surface area contributed by atoms with E-state index in [1.165, 1.54) is 12.1 Å². The number of nitro benzene ring substituents is 1. The SMILES string of the molecule is CC1(C)CC(NCc2cc(F)cc([N+](=O)[O-])c2)CCO1. The average Bonchev–Trinajstić information content (AvgIpc) is 2.34. The van der Waals surface area contributed by atoms with Crippen molar-refractivity contribution in [1.29, 1.82) is 0 Å². The zero-order valence-corrected chi connectivity index (χ0v) is 11.7. The summed E-state index contributed by atoms with van der Waals surface area (Å²) in [5.74, 6) is -0.580. The van der Waals surface area contributed by atoms with E-state index in [-0.39, 0.29) is 17.3 Å². The molecule has 0 amide bonds. The van der Waals surface area contributed by atoms with Gasteiger partial charge in [0.05, 0.1) is 16.6 Å². The lowest BCUT2D eigenvalue weighted by Crippen LogP contribution is -2.43. The molecule has 1 aromatic rings. The van der Waals surface area contributed by atoms with Crippen LogP contribution in [0.5, 0.6) is 0 Å². The van der Waals surface area contributed by atoms with Gasteiger partial charge in [-0.25, -0.2) is 4.39 Å². The second kappa shape index (κ2) is 5.85. The molecule has 0 aliphatic carbocycles. The van der Waals surface area contributed by atoms with Gasteiger partial charge in [0.25, 0.3) is 5.69 Å². The van der Waals surface area contributed by atoms with Gasteiger partial charge < -0.3 is 10.1 Å². The van der Waals surface area contributed by atoms with Gasteiger partial charge in [-0.1, -0.05) is 0 Å². The molecule has 5 nitrogen and oxygen atoms in total. The number of hydrogen-bond donors (Lipinski definition) is 1. The Bertz CT molecular complexity index is 505. The minimum absolute atomic E-state index is 0.163. The summed E-state index contributed by atoms with van der Waals surface area (Å²) in [5, 5.41) is 14.0. The Morgan fingerprint density at radius 1 is 1.50 bits per heavy atom. The molecule has 0 spiro atoms. The van der Waals surface area contributed by atoms with Crippen LogP contribution in [0, 0.1) is 15.9 Å². The third-order valence-corrected chi connectivity index (χ3v) is 3.45. The van der Waals surface area contributed by atoms with Crippen LogP contribution in [-0.2, 0) is 11.3 Å². The van der Waals surface area contributed by atoms with Crippen LogP contribution < -0.4 is 5.32 Å². The van der Waals surface area contributed by atoms with Crippen LogP contribution in [0.2, 0.25) is 0 Å². The third-order valence-electron chi connectivity index (χ3n) is 3.45. The summed E-state index contributed by atoms with van der Waals surface area (Å²) in [6, 6.07) is 3.94. The number of nitro groups is 1. The summed E-state index contributed by atoms with van der Waals surface area (Å²) in [5.41, 5.74) is 0.208. The van der Waals surface area contributed by atoms with Crippen LogP contribution in [0.25, 0.3) is 0 Å². The van der Waals surface area contributed by atoms with E-state index >= 15 is 0 Å². The van der Waals surface area contributed by atoms with E-state index < -0.39 is 10.7 Å². The Kier molecular flexibility index (Phi) is 4.35. The highest BCUT2D eigenvalue weighted by Crippen LogP contribution is 2.24. The van der Waals surface area contributed by atoms with Crippen molar-refractivity contribution in [3.63, 3.8) is 0 Å². The number of nitrogens with one attached hydrogen (secondary N) is 1. The van der Waals surface area contributed by atoms with Crippen molar-refractivity contribution in [3.8, 4) is 0 Å². The highest BCUT2D eigenvalue weighted by molar-refractivity contribution is 5.35. The topological polar surface area (TPSA) is 64.4 Å². The van der Waals surface area contributed by atoms with Gasteiger partial charge >= 0.3 is 0 Å². The van der Waals surface area contributed by atoms with Gasteiger partial charge in [-0.2, -0.15) is 0 Å². The number of nitrogens with zero attached hydrogens (tertiary/aromatic N) is 1. The molecule has 1 aliphatic heterocycles. The third kappa shape index (κ3) is 3.98. The fourth-order valence-electron chi connectivity index (χ4n) is 2.51. The molecule has 0 saturated carbocycles. The van der Waals surface area contributed by atoms with E-state index in [1.807, 2.05) is 13.8 Å². The molecule has 1 unspecified atom stereocenters. The summed E-state index contributed by atoms with van der Waals surface area (Å²) in [6.45, 7) is 5.18. The van der Waals surface area contributed by atoms with Crippen LogP contribution in [-0.4, -0.2) is 23.2 Å². The van der Waals surface area contributed by atoms with Crippen molar-refractivity contribution in [2.24, 2.45) is 0 Å². The fraction of sp³-hybridized carbons (Fsp3) is 0.571. The van der Waals surface area contributed by atoms with Gasteiger partial charge in [-0.05, 0) is 38.3 Å². The zero-order valence-electron chi connectivity index (χ0n) is 11.7. The summed E-state index contributed by atoms with van der Waals surface area (Å²) in [4.78, 5) is 10.1. The average molecular weight is 282 g/mol. The van der Waals surface area contributed by atoms with E-state index in [0.717, 1.165) is 18.9 Å². The molecule has 1 aromatic carbocycles. The van der Waals surface area contributed by atoms with Gasteiger partial charge in [0.1, 0.15) is 5.82 Å². The molecule has 1 saturated heterocycles. The van der Waals surface area contributed by atoms with Gasteiger partial charge in [-0.3, -0.25) is 10.1 Å². The van der Waals surface area contributed by atoms with Crippen molar-refractivity contribution < 1.29 is 14.1 Å². The van der Waals surface area contributed by atoms with E-state index in [0.29, 0.717) is 18.7 Å². The monoisotopic (exact) mass is 282 g/mol. The molecule has 1 fully saturated rings. The summed E-state index contributed by atoms with van der Waals surface area (Å²) >= 11 is 0. The van der Waals surface area contributed by atoms with Gasteiger partial charge in [0, 0.05) is 25.3 Å². The molecular weight excluding hydrogens is 263 g/mol. The normalized spacial score (nSPS) is 21.6. The lowest BCUT2D eigenvalue weighted by Gasteiger charge is -2.36. The van der Waals surface area contributed by atoms with Crippen molar-refractivity contribution in [3.05, 3.63) is 39.7 Å². The highest BCUT2D eigenvalue weighted by Gasteiger charge is 2.28. The maximum atomic E-state index is 13.3. The predicted octanol–water partition coefficient (Wildman–Crippen LogP) is 2.78. The summed E-state index contributed by atoms with van der Waals surface area (Å²) in [6.07, 6.45) is 1.76. The predicted molar refractivity (Wildman–Crippen MR) is 72.9 cm³/mol. The first-order chi connectivity index (χ1) is 9.35. The van der Waals surface area contributed by atoms with Crippen molar-refractivity contribution in [1.82, 2.24) is 5.32 Å². The first kappa shape index (κ1) is 14.9. The second-order valence-corrected chi connectivity index (χ2v) is 5.75. The minimum atomic E-state index is -0.580. The van der Waals surface area contributed by atoms with Crippen LogP contribution >= 0.6 is 0 Å². The maximum absolute atomic E-state index is 13.3. The first-order valence-corrected chi connectivity index (χ1v) is 6.67. The second-order valence-electron chi connectivity index (χ2n) is 5.75. The Balaban J connectivity index is 1.98. The fourth-order valence-corrected chi connectivity index (χ4v) is 2.51. The highest BCUT2D eigenvalue weighted by atomic mass is 19.1. The first-order valence-electron chi connectivity index (χ1n) is 6.67.